The Hall–Kier alpha value is -1.32. The minimum atomic E-state index is -0.683. The average molecular weight is 297 g/mol. The van der Waals surface area contributed by atoms with Crippen molar-refractivity contribution in [3.63, 3.8) is 0 Å². The third-order valence-corrected chi connectivity index (χ3v) is 6.90. The minimum absolute atomic E-state index is 0.0439. The summed E-state index contributed by atoms with van der Waals surface area (Å²) < 4.78 is 6.44. The molecule has 0 amide bonds. The Labute approximate surface area is 131 Å². The van der Waals surface area contributed by atoms with E-state index in [1.807, 2.05) is 0 Å². The summed E-state index contributed by atoms with van der Waals surface area (Å²) in [6.45, 7) is 7.44. The number of likely N-dealkylation sites (tertiary alicyclic amines) is 1. The molecule has 3 nitrogen and oxygen atoms in total. The zero-order valence-corrected chi connectivity index (χ0v) is 13.4. The Morgan fingerprint density at radius 2 is 2.18 bits per heavy atom. The van der Waals surface area contributed by atoms with Gasteiger partial charge in [-0.15, -0.1) is 0 Å². The molecule has 1 N–H and O–H groups in total. The number of aliphatic hydroxyl groups is 1. The maximum Gasteiger partial charge on any atom is 0.132 e. The van der Waals surface area contributed by atoms with Gasteiger partial charge in [0.1, 0.15) is 11.9 Å². The SMILES string of the molecule is C=C1CC[C@]2(O)[C@@H]3Cc4ccc(C)c5c4[C@]2(CCN3C)[C@@H]1O5. The second kappa shape index (κ2) is 3.77. The lowest BCUT2D eigenvalue weighted by Gasteiger charge is -2.62. The number of hydrogen-bond donors (Lipinski definition) is 1. The van der Waals surface area contributed by atoms with Crippen LogP contribution in [0.2, 0.25) is 0 Å². The zero-order chi connectivity index (χ0) is 15.3. The van der Waals surface area contributed by atoms with Gasteiger partial charge in [0.2, 0.25) is 0 Å². The number of hydrogen-bond acceptors (Lipinski definition) is 3. The molecular formula is C19H23NO2. The normalized spacial score (nSPS) is 42.0. The topological polar surface area (TPSA) is 32.7 Å². The first-order valence-electron chi connectivity index (χ1n) is 8.39. The molecule has 0 unspecified atom stereocenters. The fraction of sp³-hybridized carbons (Fsp3) is 0.579. The molecule has 2 aliphatic carbocycles. The summed E-state index contributed by atoms with van der Waals surface area (Å²) in [5, 5.41) is 11.8. The second-order valence-electron chi connectivity index (χ2n) is 7.75. The van der Waals surface area contributed by atoms with Gasteiger partial charge in [0.05, 0.1) is 11.0 Å². The monoisotopic (exact) mass is 297 g/mol. The van der Waals surface area contributed by atoms with Gasteiger partial charge in [0.15, 0.2) is 0 Å². The van der Waals surface area contributed by atoms with Gasteiger partial charge in [-0.05, 0) is 62.9 Å². The highest BCUT2D eigenvalue weighted by molar-refractivity contribution is 5.61. The summed E-state index contributed by atoms with van der Waals surface area (Å²) in [4.78, 5) is 2.36. The van der Waals surface area contributed by atoms with Crippen LogP contribution >= 0.6 is 0 Å². The third-order valence-electron chi connectivity index (χ3n) is 6.90. The number of likely N-dealkylation sites (N-methyl/N-ethyl adjacent to an activating group) is 1. The first-order valence-corrected chi connectivity index (χ1v) is 8.39. The Bertz CT molecular complexity index is 712. The molecule has 4 atom stereocenters. The quantitative estimate of drug-likeness (QED) is 0.746. The summed E-state index contributed by atoms with van der Waals surface area (Å²) in [6, 6.07) is 4.62. The van der Waals surface area contributed by atoms with E-state index in [0.29, 0.717) is 0 Å². The van der Waals surface area contributed by atoms with Crippen molar-refractivity contribution in [2.75, 3.05) is 13.6 Å². The van der Waals surface area contributed by atoms with Crippen LogP contribution in [0.5, 0.6) is 5.75 Å². The van der Waals surface area contributed by atoms with Crippen LogP contribution in [0.1, 0.15) is 36.0 Å². The zero-order valence-electron chi connectivity index (χ0n) is 13.4. The van der Waals surface area contributed by atoms with E-state index in [0.717, 1.165) is 43.6 Å². The van der Waals surface area contributed by atoms with Crippen LogP contribution in [0.25, 0.3) is 0 Å². The van der Waals surface area contributed by atoms with Crippen molar-refractivity contribution in [1.29, 1.82) is 0 Å². The molecule has 2 aliphatic heterocycles. The highest BCUT2D eigenvalue weighted by Gasteiger charge is 2.71. The van der Waals surface area contributed by atoms with E-state index >= 15 is 0 Å². The van der Waals surface area contributed by atoms with Crippen LogP contribution < -0.4 is 4.74 Å². The standard InChI is InChI=1S/C19H23NO2/c1-11-4-5-13-10-14-19(21)7-6-12(2)17-18(19,8-9-20(14)3)15(13)16(11)22-17/h4-5,14,17,21H,2,6-10H2,1,3H3/t14-,17+,18+,19-/m0/s1. The fourth-order valence-electron chi connectivity index (χ4n) is 5.81. The van der Waals surface area contributed by atoms with Gasteiger partial charge in [-0.25, -0.2) is 0 Å². The van der Waals surface area contributed by atoms with Crippen LogP contribution in [0.15, 0.2) is 24.3 Å². The summed E-state index contributed by atoms with van der Waals surface area (Å²) in [7, 11) is 2.16. The van der Waals surface area contributed by atoms with E-state index in [2.05, 4.69) is 37.6 Å². The van der Waals surface area contributed by atoms with Gasteiger partial charge in [-0.3, -0.25) is 0 Å². The van der Waals surface area contributed by atoms with Gasteiger partial charge >= 0.3 is 0 Å². The summed E-state index contributed by atoms with van der Waals surface area (Å²) in [6.07, 6.45) is 3.53. The molecule has 4 aliphatic rings. The molecule has 1 saturated heterocycles. The van der Waals surface area contributed by atoms with Gasteiger partial charge in [-0.1, -0.05) is 18.7 Å². The van der Waals surface area contributed by atoms with Crippen molar-refractivity contribution in [1.82, 2.24) is 4.90 Å². The molecule has 1 aromatic carbocycles. The number of ether oxygens (including phenoxy) is 1. The maximum atomic E-state index is 11.8. The van der Waals surface area contributed by atoms with Crippen LogP contribution in [0, 0.1) is 6.92 Å². The molecule has 5 rings (SSSR count). The molecule has 1 saturated carbocycles. The number of rotatable bonds is 0. The molecule has 2 heterocycles. The fourth-order valence-corrected chi connectivity index (χ4v) is 5.81. The Morgan fingerprint density at radius 1 is 1.36 bits per heavy atom. The Balaban J connectivity index is 1.88. The van der Waals surface area contributed by atoms with Crippen molar-refractivity contribution in [3.05, 3.63) is 41.0 Å². The highest BCUT2D eigenvalue weighted by Crippen LogP contribution is 2.65. The third kappa shape index (κ3) is 1.17. The first kappa shape index (κ1) is 13.1. The molecule has 0 radical (unpaired) electrons. The molecule has 1 spiro atoms. The van der Waals surface area contributed by atoms with Crippen LogP contribution in [-0.4, -0.2) is 41.3 Å². The number of nitrogens with zero attached hydrogens (tertiary/aromatic N) is 1. The number of benzene rings is 1. The lowest BCUT2D eigenvalue weighted by Crippen LogP contribution is -2.74. The van der Waals surface area contributed by atoms with E-state index in [1.54, 1.807) is 0 Å². The molecule has 2 fully saturated rings. The summed E-state index contributed by atoms with van der Waals surface area (Å²) >= 11 is 0. The average Bonchev–Trinajstić information content (AvgIpc) is 2.85. The molecule has 116 valence electrons. The van der Waals surface area contributed by atoms with Gasteiger partial charge in [0, 0.05) is 11.6 Å². The number of aryl methyl sites for hydroxylation is 1. The lowest BCUT2D eigenvalue weighted by atomic mass is 9.48. The van der Waals surface area contributed by atoms with Crippen molar-refractivity contribution >= 4 is 0 Å². The minimum Gasteiger partial charge on any atom is -0.484 e. The predicted octanol–water partition coefficient (Wildman–Crippen LogP) is 2.34. The molecule has 2 bridgehead atoms. The molecule has 0 aromatic heterocycles. The second-order valence-corrected chi connectivity index (χ2v) is 7.75. The Morgan fingerprint density at radius 3 is 3.00 bits per heavy atom. The largest absolute Gasteiger partial charge is 0.484 e. The van der Waals surface area contributed by atoms with E-state index < -0.39 is 5.60 Å². The summed E-state index contributed by atoms with van der Waals surface area (Å²) in [5.74, 6) is 1.03. The predicted molar refractivity (Wildman–Crippen MR) is 85.3 cm³/mol. The van der Waals surface area contributed by atoms with Crippen molar-refractivity contribution in [2.45, 2.75) is 55.8 Å². The summed E-state index contributed by atoms with van der Waals surface area (Å²) in [5.41, 5.74) is 4.09. The molecular weight excluding hydrogens is 274 g/mol. The van der Waals surface area contributed by atoms with Crippen LogP contribution in [0.4, 0.5) is 0 Å². The van der Waals surface area contributed by atoms with E-state index in [4.69, 9.17) is 4.74 Å². The maximum absolute atomic E-state index is 11.8. The van der Waals surface area contributed by atoms with Crippen molar-refractivity contribution in [2.24, 2.45) is 0 Å². The van der Waals surface area contributed by atoms with Crippen LogP contribution in [-0.2, 0) is 11.8 Å². The van der Waals surface area contributed by atoms with Crippen LogP contribution in [0.3, 0.4) is 0 Å². The lowest BCUT2D eigenvalue weighted by molar-refractivity contribution is -0.168. The smallest absolute Gasteiger partial charge is 0.132 e. The van der Waals surface area contributed by atoms with Crippen molar-refractivity contribution in [3.8, 4) is 5.75 Å². The van der Waals surface area contributed by atoms with E-state index in [-0.39, 0.29) is 17.6 Å². The van der Waals surface area contributed by atoms with Crippen molar-refractivity contribution < 1.29 is 9.84 Å². The van der Waals surface area contributed by atoms with Gasteiger partial charge < -0.3 is 14.7 Å². The molecule has 1 aromatic rings. The van der Waals surface area contributed by atoms with E-state index in [9.17, 15) is 5.11 Å². The number of piperidine rings is 1. The van der Waals surface area contributed by atoms with Gasteiger partial charge in [-0.2, -0.15) is 0 Å². The van der Waals surface area contributed by atoms with Gasteiger partial charge in [0.25, 0.3) is 0 Å². The molecule has 3 heteroatoms. The first-order chi connectivity index (χ1) is 10.5. The highest BCUT2D eigenvalue weighted by atomic mass is 16.5. The Kier molecular flexibility index (Phi) is 2.25. The molecule has 22 heavy (non-hydrogen) atoms. The van der Waals surface area contributed by atoms with E-state index in [1.165, 1.54) is 16.7 Å².